The maximum Gasteiger partial charge on any atom is 0.162 e. The predicted molar refractivity (Wildman–Crippen MR) is 126 cm³/mol. The Balaban J connectivity index is 1.83. The van der Waals surface area contributed by atoms with Crippen LogP contribution in [0.4, 0.5) is 10.1 Å². The maximum absolute atomic E-state index is 14.3. The second kappa shape index (κ2) is 7.24. The number of halogens is 1. The molecule has 1 aliphatic heterocycles. The summed E-state index contributed by atoms with van der Waals surface area (Å²) in [4.78, 5) is 30.3. The SMILES string of the molecule is CC1(C)CC(=O)C2=C(C1)N(c1cccc(F)c1)C1=C(C(=O)CC(C)(C)C1)C2c1cccs1. The van der Waals surface area contributed by atoms with Crippen molar-refractivity contribution in [1.29, 1.82) is 0 Å². The fourth-order valence-corrected chi connectivity index (χ4v) is 6.48. The van der Waals surface area contributed by atoms with Gasteiger partial charge in [0, 0.05) is 45.9 Å². The number of Topliss-reactive ketones (excluding diaryl/α,β-unsaturated/α-hetero) is 2. The van der Waals surface area contributed by atoms with E-state index < -0.39 is 0 Å². The van der Waals surface area contributed by atoms with Gasteiger partial charge in [0.05, 0.1) is 5.92 Å². The number of rotatable bonds is 2. The molecule has 0 N–H and O–H groups in total. The highest BCUT2D eigenvalue weighted by Crippen LogP contribution is 2.55. The minimum absolute atomic E-state index is 0.0974. The zero-order valence-corrected chi connectivity index (χ0v) is 19.8. The molecular formula is C27H28FNO2S. The summed E-state index contributed by atoms with van der Waals surface area (Å²) >= 11 is 1.59. The lowest BCUT2D eigenvalue weighted by atomic mass is 9.64. The van der Waals surface area contributed by atoms with Crippen LogP contribution in [0.3, 0.4) is 0 Å². The first-order chi connectivity index (χ1) is 15.1. The van der Waals surface area contributed by atoms with Crippen LogP contribution in [0.25, 0.3) is 0 Å². The maximum atomic E-state index is 14.3. The first-order valence-electron chi connectivity index (χ1n) is 11.2. The lowest BCUT2D eigenvalue weighted by Gasteiger charge is -2.48. The molecule has 32 heavy (non-hydrogen) atoms. The minimum atomic E-state index is -0.324. The zero-order chi connectivity index (χ0) is 22.8. The van der Waals surface area contributed by atoms with Gasteiger partial charge < -0.3 is 4.90 Å². The Hall–Kier alpha value is -2.53. The first kappa shape index (κ1) is 21.3. The monoisotopic (exact) mass is 449 g/mol. The van der Waals surface area contributed by atoms with E-state index in [0.29, 0.717) is 31.4 Å². The molecule has 0 amide bonds. The third-order valence-corrected chi connectivity index (χ3v) is 7.74. The number of carbonyl (C=O) groups is 2. The van der Waals surface area contributed by atoms with Crippen molar-refractivity contribution in [3.8, 4) is 0 Å². The highest BCUT2D eigenvalue weighted by molar-refractivity contribution is 7.10. The second-order valence-corrected chi connectivity index (χ2v) is 11.8. The van der Waals surface area contributed by atoms with Crippen molar-refractivity contribution in [1.82, 2.24) is 0 Å². The molecule has 0 radical (unpaired) electrons. The largest absolute Gasteiger partial charge is 0.317 e. The molecule has 0 saturated carbocycles. The average molecular weight is 450 g/mol. The Bertz CT molecular complexity index is 1130. The van der Waals surface area contributed by atoms with Crippen LogP contribution in [0.1, 0.15) is 64.2 Å². The van der Waals surface area contributed by atoms with E-state index >= 15 is 0 Å². The van der Waals surface area contributed by atoms with Crippen LogP contribution < -0.4 is 4.90 Å². The van der Waals surface area contributed by atoms with E-state index in [4.69, 9.17) is 0 Å². The fraction of sp³-hybridized carbons (Fsp3) is 0.407. The number of carbonyl (C=O) groups excluding carboxylic acids is 2. The highest BCUT2D eigenvalue weighted by atomic mass is 32.1. The normalized spacial score (nSPS) is 22.8. The molecule has 0 atom stereocenters. The summed E-state index contributed by atoms with van der Waals surface area (Å²) in [6, 6.07) is 10.5. The summed E-state index contributed by atoms with van der Waals surface area (Å²) in [5, 5.41) is 2.00. The standard InChI is InChI=1S/C27H28FNO2S/c1-26(2)12-18-23(20(30)14-26)25(22-9-6-10-32-22)24-19(13-27(3,4)15-21(24)31)29(18)17-8-5-7-16(28)11-17/h5-11,25H,12-15H2,1-4H3. The summed E-state index contributed by atoms with van der Waals surface area (Å²) in [5.41, 5.74) is 3.59. The fourth-order valence-electron chi connectivity index (χ4n) is 5.63. The molecule has 3 nitrogen and oxygen atoms in total. The van der Waals surface area contributed by atoms with Gasteiger partial charge >= 0.3 is 0 Å². The molecule has 2 aromatic rings. The van der Waals surface area contributed by atoms with Crippen molar-refractivity contribution < 1.29 is 14.0 Å². The Labute approximate surface area is 192 Å². The van der Waals surface area contributed by atoms with Gasteiger partial charge in [-0.05, 0) is 53.3 Å². The average Bonchev–Trinajstić information content (AvgIpc) is 3.18. The van der Waals surface area contributed by atoms with E-state index in [-0.39, 0.29) is 34.1 Å². The summed E-state index contributed by atoms with van der Waals surface area (Å²) in [7, 11) is 0. The second-order valence-electron chi connectivity index (χ2n) is 10.9. The first-order valence-corrected chi connectivity index (χ1v) is 12.1. The van der Waals surface area contributed by atoms with Crippen LogP contribution in [-0.4, -0.2) is 11.6 Å². The van der Waals surface area contributed by atoms with E-state index in [1.807, 2.05) is 23.6 Å². The molecule has 1 aromatic heterocycles. The van der Waals surface area contributed by atoms with E-state index in [0.717, 1.165) is 27.4 Å². The minimum Gasteiger partial charge on any atom is -0.317 e. The number of thiophene rings is 1. The molecule has 5 heteroatoms. The number of hydrogen-bond donors (Lipinski definition) is 0. The van der Waals surface area contributed by atoms with Gasteiger partial charge in [-0.1, -0.05) is 39.8 Å². The lowest BCUT2D eigenvalue weighted by molar-refractivity contribution is -0.119. The van der Waals surface area contributed by atoms with Crippen molar-refractivity contribution in [3.05, 3.63) is 75.0 Å². The van der Waals surface area contributed by atoms with Crippen LogP contribution >= 0.6 is 11.3 Å². The third-order valence-electron chi connectivity index (χ3n) is 6.80. The van der Waals surface area contributed by atoms with E-state index in [9.17, 15) is 14.0 Å². The van der Waals surface area contributed by atoms with Crippen LogP contribution in [-0.2, 0) is 9.59 Å². The van der Waals surface area contributed by atoms with Crippen LogP contribution in [0, 0.1) is 16.6 Å². The molecule has 166 valence electrons. The van der Waals surface area contributed by atoms with Gasteiger partial charge in [-0.25, -0.2) is 4.39 Å². The summed E-state index contributed by atoms with van der Waals surface area (Å²) in [6.07, 6.45) is 2.32. The molecule has 0 spiro atoms. The van der Waals surface area contributed by atoms with Gasteiger partial charge in [0.15, 0.2) is 11.6 Å². The third kappa shape index (κ3) is 3.47. The lowest BCUT2D eigenvalue weighted by Crippen LogP contribution is -2.44. The number of allylic oxidation sites excluding steroid dienone is 4. The molecule has 3 aliphatic rings. The number of nitrogens with zero attached hydrogens (tertiary/aromatic N) is 1. The van der Waals surface area contributed by atoms with Gasteiger partial charge in [0.25, 0.3) is 0 Å². The van der Waals surface area contributed by atoms with Crippen LogP contribution in [0.2, 0.25) is 0 Å². The Morgan fingerprint density at radius 1 is 0.875 bits per heavy atom. The molecule has 0 fully saturated rings. The molecule has 0 unspecified atom stereocenters. The van der Waals surface area contributed by atoms with E-state index in [2.05, 4.69) is 32.6 Å². The summed E-state index contributed by atoms with van der Waals surface area (Å²) < 4.78 is 14.3. The molecular weight excluding hydrogens is 421 g/mol. The summed E-state index contributed by atoms with van der Waals surface area (Å²) in [6.45, 7) is 8.44. The topological polar surface area (TPSA) is 37.4 Å². The molecule has 1 aromatic carbocycles. The van der Waals surface area contributed by atoms with Gasteiger partial charge in [0.2, 0.25) is 0 Å². The quantitative estimate of drug-likeness (QED) is 0.507. The smallest absolute Gasteiger partial charge is 0.162 e. The Kier molecular flexibility index (Phi) is 4.82. The molecule has 5 rings (SSSR count). The van der Waals surface area contributed by atoms with E-state index in [1.165, 1.54) is 12.1 Å². The molecule has 0 saturated heterocycles. The number of hydrogen-bond acceptors (Lipinski definition) is 4. The Morgan fingerprint density at radius 2 is 1.47 bits per heavy atom. The highest BCUT2D eigenvalue weighted by Gasteiger charge is 2.49. The van der Waals surface area contributed by atoms with Crippen molar-refractivity contribution in [3.63, 3.8) is 0 Å². The summed E-state index contributed by atoms with van der Waals surface area (Å²) in [5.74, 6) is -0.451. The van der Waals surface area contributed by atoms with Crippen molar-refractivity contribution in [2.75, 3.05) is 4.90 Å². The van der Waals surface area contributed by atoms with Crippen molar-refractivity contribution >= 4 is 28.6 Å². The van der Waals surface area contributed by atoms with Crippen molar-refractivity contribution in [2.24, 2.45) is 10.8 Å². The molecule has 2 aliphatic carbocycles. The number of benzene rings is 1. The van der Waals surface area contributed by atoms with Crippen molar-refractivity contribution in [2.45, 2.75) is 59.3 Å². The molecule has 0 bridgehead atoms. The van der Waals surface area contributed by atoms with Gasteiger partial charge in [-0.15, -0.1) is 11.3 Å². The Morgan fingerprint density at radius 3 is 1.97 bits per heavy atom. The zero-order valence-electron chi connectivity index (χ0n) is 19.0. The van der Waals surface area contributed by atoms with Crippen LogP contribution in [0.15, 0.2) is 64.3 Å². The van der Waals surface area contributed by atoms with Gasteiger partial charge in [-0.2, -0.15) is 0 Å². The van der Waals surface area contributed by atoms with E-state index in [1.54, 1.807) is 17.4 Å². The number of anilines is 1. The number of ketones is 2. The molecule has 2 heterocycles. The van der Waals surface area contributed by atoms with Gasteiger partial charge in [-0.3, -0.25) is 9.59 Å². The predicted octanol–water partition coefficient (Wildman–Crippen LogP) is 6.78. The van der Waals surface area contributed by atoms with Gasteiger partial charge in [0.1, 0.15) is 5.82 Å². The van der Waals surface area contributed by atoms with Crippen LogP contribution in [0.5, 0.6) is 0 Å².